The van der Waals surface area contributed by atoms with Crippen molar-refractivity contribution in [2.24, 2.45) is 65.1 Å². The molecular formula is C76H100F6N8O2. The van der Waals surface area contributed by atoms with Crippen molar-refractivity contribution in [3.63, 3.8) is 0 Å². The first kappa shape index (κ1) is 65.0. The molecule has 0 radical (unpaired) electrons. The highest BCUT2D eigenvalue weighted by Crippen LogP contribution is 2.49. The predicted octanol–water partition coefficient (Wildman–Crippen LogP) is 14.5. The number of anilines is 4. The van der Waals surface area contributed by atoms with Gasteiger partial charge in [0.2, 0.25) is 0 Å². The summed E-state index contributed by atoms with van der Waals surface area (Å²) in [6.45, 7) is 22.8. The summed E-state index contributed by atoms with van der Waals surface area (Å²) in [5.74, 6) is 11.5. The number of rotatable bonds is 14. The minimum atomic E-state index is -4.27. The predicted molar refractivity (Wildman–Crippen MR) is 359 cm³/mol. The number of allylic oxidation sites excluding steroid dienone is 6. The molecule has 92 heavy (non-hydrogen) atoms. The van der Waals surface area contributed by atoms with E-state index in [-0.39, 0.29) is 0 Å². The second kappa shape index (κ2) is 29.1. The zero-order valence-corrected chi connectivity index (χ0v) is 54.5. The molecule has 12 aliphatic rings. The summed E-state index contributed by atoms with van der Waals surface area (Å²) in [5, 5.41) is 0. The van der Waals surface area contributed by atoms with Gasteiger partial charge in [0.15, 0.2) is 0 Å². The molecule has 12 unspecified atom stereocenters. The van der Waals surface area contributed by atoms with Crippen molar-refractivity contribution < 1.29 is 35.8 Å². The van der Waals surface area contributed by atoms with Crippen LogP contribution in [-0.4, -0.2) is 164 Å². The van der Waals surface area contributed by atoms with Gasteiger partial charge in [-0.1, -0.05) is 73.2 Å². The number of hydrogen-bond acceptors (Lipinski definition) is 10. The molecule has 4 heterocycles. The van der Waals surface area contributed by atoms with Gasteiger partial charge in [-0.05, 0) is 190 Å². The van der Waals surface area contributed by atoms with Crippen LogP contribution in [0.3, 0.4) is 0 Å². The number of para-hydroxylation sites is 2. The second-order valence-corrected chi connectivity index (χ2v) is 28.9. The Kier molecular flexibility index (Phi) is 20.6. The van der Waals surface area contributed by atoms with E-state index in [1.165, 1.54) is 139 Å². The molecule has 16 rings (SSSR count). The van der Waals surface area contributed by atoms with Crippen molar-refractivity contribution in [2.75, 3.05) is 158 Å². The van der Waals surface area contributed by atoms with Crippen molar-refractivity contribution in [2.45, 2.75) is 89.5 Å². The Morgan fingerprint density at radius 2 is 0.859 bits per heavy atom. The normalized spacial score (nSPS) is 30.8. The molecule has 4 aliphatic heterocycles. The molecule has 16 heteroatoms. The molecule has 4 aromatic rings. The maximum Gasteiger partial charge on any atom is 0.416 e. The van der Waals surface area contributed by atoms with Gasteiger partial charge in [-0.2, -0.15) is 26.3 Å². The van der Waals surface area contributed by atoms with Crippen LogP contribution in [0.4, 0.5) is 49.1 Å². The van der Waals surface area contributed by atoms with E-state index in [4.69, 9.17) is 9.47 Å². The Bertz CT molecular complexity index is 3120. The number of benzene rings is 4. The molecule has 0 N–H and O–H groups in total. The summed E-state index contributed by atoms with van der Waals surface area (Å²) in [6.07, 6.45) is 19.9. The molecule has 12 atom stereocenters. The lowest BCUT2D eigenvalue weighted by Gasteiger charge is -2.42. The standard InChI is InChI=1S/C20H28N2O.C19H23F3N2.C19H26N2O.C18H23F3N2/c1-2-23-20-6-4-3-5-19(20)22-11-9-21(10-12-22)15-18-14-16-7-8-17(18)13-16;20-19(21,22)17-2-1-3-18(12-17)24-8-6-23(7-9-24)13-16-11-14-4-5-15(16)10-14;1-22-19-4-2-3-18(13-19)21-9-7-20(8-10-21)14-17-12-15-5-6-16(17)11-15;19-18(20,21)15-2-1-3-16(12-15)22-6-8-23(9-7-22)17-11-13-4-5-14(17)10-13/h3-8,16-18H,2,9-15H2,1H3;1-5,12,14-16H,6-11,13H2;2-6,13,15-17H,7-12,14H2,1H3;1-3,12-14,17H,4-11H2. The molecule has 8 aliphatic carbocycles. The molecule has 5 saturated carbocycles. The van der Waals surface area contributed by atoms with Gasteiger partial charge >= 0.3 is 12.4 Å². The average Bonchev–Trinajstić information content (AvgIpc) is 3.22. The van der Waals surface area contributed by atoms with Crippen molar-refractivity contribution in [1.82, 2.24) is 19.6 Å². The van der Waals surface area contributed by atoms with Crippen LogP contribution in [0.1, 0.15) is 82.3 Å². The van der Waals surface area contributed by atoms with E-state index in [1.54, 1.807) is 19.2 Å². The highest BCUT2D eigenvalue weighted by atomic mass is 19.4. The molecular weight excluding hydrogens is 1170 g/mol. The highest BCUT2D eigenvalue weighted by Gasteiger charge is 2.44. The monoisotopic (exact) mass is 1270 g/mol. The third kappa shape index (κ3) is 15.8. The fourth-order valence-corrected chi connectivity index (χ4v) is 18.4. The Labute approximate surface area is 544 Å². The number of alkyl halides is 6. The molecule has 498 valence electrons. The molecule has 8 bridgehead atoms. The summed E-state index contributed by atoms with van der Waals surface area (Å²) in [7, 11) is 1.74. The number of ether oxygens (including phenoxy) is 2. The van der Waals surface area contributed by atoms with Crippen molar-refractivity contribution >= 4 is 22.7 Å². The Morgan fingerprint density at radius 1 is 0.424 bits per heavy atom. The number of hydrogen-bond donors (Lipinski definition) is 0. The largest absolute Gasteiger partial charge is 0.497 e. The first-order valence-electron chi connectivity index (χ1n) is 35.3. The number of fused-ring (bicyclic) bond motifs is 8. The molecule has 4 aromatic carbocycles. The smallest absolute Gasteiger partial charge is 0.416 e. The summed E-state index contributed by atoms with van der Waals surface area (Å²) in [4.78, 5) is 19.6. The van der Waals surface area contributed by atoms with E-state index < -0.39 is 23.5 Å². The van der Waals surface area contributed by atoms with Crippen molar-refractivity contribution in [3.8, 4) is 11.5 Å². The molecule has 10 nitrogen and oxygen atoms in total. The van der Waals surface area contributed by atoms with Gasteiger partial charge < -0.3 is 29.1 Å². The third-order valence-corrected chi connectivity index (χ3v) is 23.3. The lowest BCUT2D eigenvalue weighted by molar-refractivity contribution is -0.138. The van der Waals surface area contributed by atoms with Gasteiger partial charge in [0.1, 0.15) is 11.5 Å². The number of methoxy groups -OCH3 is 1. The zero-order chi connectivity index (χ0) is 63.3. The summed E-state index contributed by atoms with van der Waals surface area (Å²) in [5.41, 5.74) is 2.83. The van der Waals surface area contributed by atoms with Crippen LogP contribution in [0.5, 0.6) is 11.5 Å². The average molecular weight is 1270 g/mol. The SMILES string of the molecule is CCOc1ccccc1N1CCN(CC2CC3C=CC2C3)CC1.COc1cccc(N2CCN(CC3CC4C=CC3C4)CC2)c1.FC(F)(F)c1cccc(N2CCN(C3CC4CCC3C4)CC2)c1.FC(F)(F)c1cccc(N2CCN(CC3CC4C=CC3C4)CC2)c1. The van der Waals surface area contributed by atoms with Crippen LogP contribution in [0.15, 0.2) is 134 Å². The summed E-state index contributed by atoms with van der Waals surface area (Å²) < 4.78 is 88.3. The summed E-state index contributed by atoms with van der Waals surface area (Å²) >= 11 is 0. The van der Waals surface area contributed by atoms with Gasteiger partial charge in [0, 0.05) is 154 Å². The van der Waals surface area contributed by atoms with Crippen LogP contribution in [0, 0.1) is 65.1 Å². The van der Waals surface area contributed by atoms with E-state index in [2.05, 4.69) is 125 Å². The maximum atomic E-state index is 12.9. The number of piperazine rings is 4. The van der Waals surface area contributed by atoms with E-state index in [1.807, 2.05) is 6.07 Å². The third-order valence-electron chi connectivity index (χ3n) is 23.3. The van der Waals surface area contributed by atoms with Crippen LogP contribution in [-0.2, 0) is 12.4 Å². The van der Waals surface area contributed by atoms with E-state index >= 15 is 0 Å². The molecule has 0 amide bonds. The molecule has 0 spiro atoms. The lowest BCUT2D eigenvalue weighted by Crippen LogP contribution is -2.51. The quantitative estimate of drug-likeness (QED) is 0.0901. The maximum absolute atomic E-state index is 12.9. The minimum Gasteiger partial charge on any atom is -0.497 e. The van der Waals surface area contributed by atoms with E-state index in [9.17, 15) is 26.3 Å². The Morgan fingerprint density at radius 3 is 1.25 bits per heavy atom. The minimum absolute atomic E-state index is 0.550. The molecule has 4 saturated heterocycles. The first-order valence-corrected chi connectivity index (χ1v) is 35.3. The van der Waals surface area contributed by atoms with E-state index in [0.29, 0.717) is 11.4 Å². The van der Waals surface area contributed by atoms with Gasteiger partial charge in [-0.3, -0.25) is 19.6 Å². The zero-order valence-electron chi connectivity index (χ0n) is 54.5. The number of halogens is 6. The number of nitrogens with zero attached hydrogens (tertiary/aromatic N) is 8. The van der Waals surface area contributed by atoms with E-state index in [0.717, 1.165) is 186 Å². The second-order valence-electron chi connectivity index (χ2n) is 28.9. The van der Waals surface area contributed by atoms with Gasteiger partial charge in [-0.15, -0.1) is 0 Å². The lowest BCUT2D eigenvalue weighted by atomic mass is 9.93. The topological polar surface area (TPSA) is 44.4 Å². The molecule has 9 fully saturated rings. The van der Waals surface area contributed by atoms with Crippen molar-refractivity contribution in [1.29, 1.82) is 0 Å². The fourth-order valence-electron chi connectivity index (χ4n) is 18.4. The van der Waals surface area contributed by atoms with Crippen LogP contribution in [0.25, 0.3) is 0 Å². The van der Waals surface area contributed by atoms with Gasteiger partial charge in [0.05, 0.1) is 30.5 Å². The fraction of sp³-hybridized carbons (Fsp3) is 0.605. The van der Waals surface area contributed by atoms with Crippen LogP contribution < -0.4 is 29.1 Å². The molecule has 0 aromatic heterocycles. The van der Waals surface area contributed by atoms with Gasteiger partial charge in [0.25, 0.3) is 0 Å². The van der Waals surface area contributed by atoms with Crippen LogP contribution in [0.2, 0.25) is 0 Å². The Balaban J connectivity index is 0.000000112. The Hall–Kier alpha value is -5.68. The first-order chi connectivity index (χ1) is 44.6. The summed E-state index contributed by atoms with van der Waals surface area (Å²) in [6, 6.07) is 29.1. The van der Waals surface area contributed by atoms with Gasteiger partial charge in [-0.25, -0.2) is 0 Å². The highest BCUT2D eigenvalue weighted by molar-refractivity contribution is 5.59. The van der Waals surface area contributed by atoms with Crippen LogP contribution >= 0.6 is 0 Å². The van der Waals surface area contributed by atoms with Crippen molar-refractivity contribution in [3.05, 3.63) is 145 Å².